The van der Waals surface area contributed by atoms with Gasteiger partial charge < -0.3 is 5.32 Å². The zero-order chi connectivity index (χ0) is 17.6. The third-order valence-corrected chi connectivity index (χ3v) is 4.66. The number of halogens is 1. The van der Waals surface area contributed by atoms with Crippen molar-refractivity contribution < 1.29 is 4.79 Å². The van der Waals surface area contributed by atoms with Gasteiger partial charge in [0.1, 0.15) is 11.6 Å². The number of nitrogens with zero attached hydrogens (tertiary/aromatic N) is 4. The highest BCUT2D eigenvalue weighted by Gasteiger charge is 2.11. The van der Waals surface area contributed by atoms with Crippen molar-refractivity contribution >= 4 is 35.1 Å². The first-order valence-corrected chi connectivity index (χ1v) is 9.11. The molecule has 0 unspecified atom stereocenters. The molecule has 3 aromatic rings. The van der Waals surface area contributed by atoms with Crippen LogP contribution in [-0.2, 0) is 17.8 Å². The van der Waals surface area contributed by atoms with E-state index in [1.54, 1.807) is 16.9 Å². The van der Waals surface area contributed by atoms with Crippen LogP contribution in [-0.4, -0.2) is 36.6 Å². The zero-order valence-corrected chi connectivity index (χ0v) is 15.1. The van der Waals surface area contributed by atoms with E-state index in [0.717, 1.165) is 17.8 Å². The minimum Gasteiger partial charge on any atom is -0.310 e. The largest absolute Gasteiger partial charge is 0.310 e. The van der Waals surface area contributed by atoms with E-state index in [2.05, 4.69) is 25.6 Å². The Morgan fingerprint density at radius 3 is 2.96 bits per heavy atom. The molecule has 2 heterocycles. The van der Waals surface area contributed by atoms with Gasteiger partial charge in [-0.15, -0.1) is 5.10 Å². The van der Waals surface area contributed by atoms with Gasteiger partial charge in [0, 0.05) is 17.5 Å². The molecule has 0 bridgehead atoms. The maximum absolute atomic E-state index is 12.2. The lowest BCUT2D eigenvalue weighted by Gasteiger charge is -2.09. The van der Waals surface area contributed by atoms with Gasteiger partial charge in [0.25, 0.3) is 0 Å². The molecule has 2 aromatic heterocycles. The fourth-order valence-electron chi connectivity index (χ4n) is 2.16. The Balaban J connectivity index is 1.58. The van der Waals surface area contributed by atoms with E-state index >= 15 is 0 Å². The molecule has 1 amide bonds. The van der Waals surface area contributed by atoms with Gasteiger partial charge in [0.15, 0.2) is 0 Å². The molecule has 0 spiro atoms. The van der Waals surface area contributed by atoms with Crippen molar-refractivity contribution in [3.63, 3.8) is 0 Å². The summed E-state index contributed by atoms with van der Waals surface area (Å²) in [4.78, 5) is 16.4. The molecule has 1 aromatic carbocycles. The summed E-state index contributed by atoms with van der Waals surface area (Å²) in [5.41, 5.74) is 0.936. The normalized spacial score (nSPS) is 10.8. The van der Waals surface area contributed by atoms with Gasteiger partial charge in [-0.05, 0) is 11.6 Å². The molecule has 0 radical (unpaired) electrons. The first-order valence-electron chi connectivity index (χ1n) is 7.75. The van der Waals surface area contributed by atoms with Crippen molar-refractivity contribution in [3.8, 4) is 0 Å². The molecular formula is C16H17ClN6OS. The topological polar surface area (TPSA) is 88.5 Å². The van der Waals surface area contributed by atoms with Crippen LogP contribution in [0.4, 0.5) is 5.82 Å². The molecule has 0 saturated heterocycles. The molecule has 0 aliphatic rings. The van der Waals surface area contributed by atoms with E-state index in [4.69, 9.17) is 11.6 Å². The SMILES string of the molecule is CCc1nc(SCC(=O)Nc2ccnn2Cc2ccccc2Cl)n[nH]1. The molecule has 3 rings (SSSR count). The van der Waals surface area contributed by atoms with Gasteiger partial charge in [-0.25, -0.2) is 9.67 Å². The Bertz CT molecular complexity index is 862. The molecule has 0 atom stereocenters. The highest BCUT2D eigenvalue weighted by molar-refractivity contribution is 7.99. The summed E-state index contributed by atoms with van der Waals surface area (Å²) in [6.45, 7) is 2.47. The molecule has 0 aliphatic heterocycles. The minimum atomic E-state index is -0.145. The van der Waals surface area contributed by atoms with Gasteiger partial charge in [0.2, 0.25) is 11.1 Å². The molecule has 0 aliphatic carbocycles. The Labute approximate surface area is 154 Å². The summed E-state index contributed by atoms with van der Waals surface area (Å²) >= 11 is 7.46. The molecule has 0 saturated carbocycles. The number of amides is 1. The highest BCUT2D eigenvalue weighted by Crippen LogP contribution is 2.18. The number of aromatic amines is 1. The number of aryl methyl sites for hydroxylation is 1. The third kappa shape index (κ3) is 4.61. The summed E-state index contributed by atoms with van der Waals surface area (Å²) in [7, 11) is 0. The van der Waals surface area contributed by atoms with Crippen LogP contribution in [0.2, 0.25) is 5.02 Å². The van der Waals surface area contributed by atoms with Gasteiger partial charge in [0.05, 0.1) is 18.5 Å². The number of anilines is 1. The van der Waals surface area contributed by atoms with Crippen LogP contribution >= 0.6 is 23.4 Å². The number of aromatic nitrogens is 5. The van der Waals surface area contributed by atoms with Crippen LogP contribution in [0.15, 0.2) is 41.7 Å². The summed E-state index contributed by atoms with van der Waals surface area (Å²) in [6.07, 6.45) is 2.42. The Morgan fingerprint density at radius 1 is 1.36 bits per heavy atom. The van der Waals surface area contributed by atoms with Crippen LogP contribution in [0.25, 0.3) is 0 Å². The number of carbonyl (C=O) groups is 1. The lowest BCUT2D eigenvalue weighted by atomic mass is 10.2. The van der Waals surface area contributed by atoms with Gasteiger partial charge in [-0.2, -0.15) is 5.10 Å². The fraction of sp³-hybridized carbons (Fsp3) is 0.250. The molecule has 0 fully saturated rings. The average Bonchev–Trinajstić information content (AvgIpc) is 3.24. The Morgan fingerprint density at radius 2 is 2.20 bits per heavy atom. The lowest BCUT2D eigenvalue weighted by molar-refractivity contribution is -0.113. The number of H-pyrrole nitrogens is 1. The zero-order valence-electron chi connectivity index (χ0n) is 13.6. The lowest BCUT2D eigenvalue weighted by Crippen LogP contribution is -2.18. The predicted octanol–water partition coefficient (Wildman–Crippen LogP) is 3.00. The molecule has 7 nitrogen and oxygen atoms in total. The average molecular weight is 377 g/mol. The number of benzene rings is 1. The maximum atomic E-state index is 12.2. The number of nitrogens with one attached hydrogen (secondary N) is 2. The van der Waals surface area contributed by atoms with Gasteiger partial charge >= 0.3 is 0 Å². The maximum Gasteiger partial charge on any atom is 0.235 e. The van der Waals surface area contributed by atoms with Crippen molar-refractivity contribution in [2.24, 2.45) is 0 Å². The Hall–Kier alpha value is -2.32. The number of thioether (sulfide) groups is 1. The van der Waals surface area contributed by atoms with E-state index in [-0.39, 0.29) is 11.7 Å². The highest BCUT2D eigenvalue weighted by atomic mass is 35.5. The van der Waals surface area contributed by atoms with E-state index in [9.17, 15) is 4.79 Å². The van der Waals surface area contributed by atoms with Crippen molar-refractivity contribution in [2.75, 3.05) is 11.1 Å². The van der Waals surface area contributed by atoms with Gasteiger partial charge in [-0.3, -0.25) is 9.89 Å². The molecule has 9 heteroatoms. The molecular weight excluding hydrogens is 360 g/mol. The van der Waals surface area contributed by atoms with Crippen molar-refractivity contribution in [2.45, 2.75) is 25.0 Å². The second-order valence-corrected chi connectivity index (χ2v) is 6.57. The fourth-order valence-corrected chi connectivity index (χ4v) is 2.98. The first kappa shape index (κ1) is 17.5. The number of carbonyl (C=O) groups excluding carboxylic acids is 1. The monoisotopic (exact) mass is 376 g/mol. The summed E-state index contributed by atoms with van der Waals surface area (Å²) in [5.74, 6) is 1.50. The summed E-state index contributed by atoms with van der Waals surface area (Å²) < 4.78 is 1.70. The predicted molar refractivity (Wildman–Crippen MR) is 97.9 cm³/mol. The molecule has 130 valence electrons. The van der Waals surface area contributed by atoms with E-state index in [1.807, 2.05) is 31.2 Å². The molecule has 25 heavy (non-hydrogen) atoms. The number of hydrogen-bond acceptors (Lipinski definition) is 5. The number of hydrogen-bond donors (Lipinski definition) is 2. The standard InChI is InChI=1S/C16H17ClN6OS/c1-2-13-19-16(22-21-13)25-10-15(24)20-14-7-8-18-23(14)9-11-5-3-4-6-12(11)17/h3-8H,2,9-10H2,1H3,(H,20,24)(H,19,21,22). The summed E-state index contributed by atoms with van der Waals surface area (Å²) in [5, 5.41) is 15.2. The van der Waals surface area contributed by atoms with Crippen LogP contribution in [0, 0.1) is 0 Å². The second-order valence-electron chi connectivity index (χ2n) is 5.22. The first-order chi connectivity index (χ1) is 12.2. The van der Waals surface area contributed by atoms with E-state index in [1.165, 1.54) is 11.8 Å². The van der Waals surface area contributed by atoms with Crippen molar-refractivity contribution in [1.29, 1.82) is 0 Å². The quantitative estimate of drug-likeness (QED) is 0.619. The van der Waals surface area contributed by atoms with Crippen molar-refractivity contribution in [1.82, 2.24) is 25.0 Å². The minimum absolute atomic E-state index is 0.145. The third-order valence-electron chi connectivity index (χ3n) is 3.44. The smallest absolute Gasteiger partial charge is 0.235 e. The van der Waals surface area contributed by atoms with Crippen LogP contribution in [0.5, 0.6) is 0 Å². The van der Waals surface area contributed by atoms with E-state index < -0.39 is 0 Å². The molecule has 2 N–H and O–H groups in total. The van der Waals surface area contributed by atoms with E-state index in [0.29, 0.717) is 22.5 Å². The van der Waals surface area contributed by atoms with Gasteiger partial charge in [-0.1, -0.05) is 48.5 Å². The van der Waals surface area contributed by atoms with Crippen LogP contribution < -0.4 is 5.32 Å². The number of rotatable bonds is 7. The van der Waals surface area contributed by atoms with Crippen molar-refractivity contribution in [3.05, 3.63) is 52.9 Å². The second kappa shape index (κ2) is 8.17. The van der Waals surface area contributed by atoms with Crippen LogP contribution in [0.3, 0.4) is 0 Å². The summed E-state index contributed by atoms with van der Waals surface area (Å²) in [6, 6.07) is 9.31. The Kier molecular flexibility index (Phi) is 5.72. The van der Waals surface area contributed by atoms with Crippen LogP contribution in [0.1, 0.15) is 18.3 Å².